The number of rotatable bonds is 9. The summed E-state index contributed by atoms with van der Waals surface area (Å²) in [5, 5.41) is 2.50. The molecule has 0 bridgehead atoms. The summed E-state index contributed by atoms with van der Waals surface area (Å²) >= 11 is 0. The molecule has 0 saturated carbocycles. The molecule has 2 heteroatoms. The zero-order chi connectivity index (χ0) is 46.6. The van der Waals surface area contributed by atoms with E-state index in [1.54, 1.807) is 0 Å². The third-order valence-electron chi connectivity index (χ3n) is 13.9. The van der Waals surface area contributed by atoms with Crippen LogP contribution in [0, 0.1) is 6.92 Å². The summed E-state index contributed by atoms with van der Waals surface area (Å²) in [4.78, 5) is 5.03. The number of hydrogen-bond acceptors (Lipinski definition) is 2. The molecule has 0 unspecified atom stereocenters. The van der Waals surface area contributed by atoms with Crippen LogP contribution >= 0.6 is 0 Å². The smallest absolute Gasteiger partial charge is 0.0522 e. The van der Waals surface area contributed by atoms with Gasteiger partial charge in [0.15, 0.2) is 0 Å². The Morgan fingerprint density at radius 2 is 0.853 bits per heavy atom. The molecule has 0 fully saturated rings. The second-order valence-corrected chi connectivity index (χ2v) is 19.9. The molecule has 0 N–H and O–H groups in total. The van der Waals surface area contributed by atoms with Crippen LogP contribution in [0.2, 0.25) is 0 Å². The van der Waals surface area contributed by atoms with Crippen LogP contribution < -0.4 is 9.80 Å². The molecule has 1 aliphatic rings. The lowest BCUT2D eigenvalue weighted by atomic mass is 9.81. The molecule has 0 amide bonds. The van der Waals surface area contributed by atoms with E-state index in [1.807, 2.05) is 0 Å². The van der Waals surface area contributed by atoms with Crippen LogP contribution in [-0.4, -0.2) is 0 Å². The maximum atomic E-state index is 2.56. The first-order valence-electron chi connectivity index (χ1n) is 23.9. The molecule has 10 aromatic carbocycles. The van der Waals surface area contributed by atoms with E-state index in [0.717, 1.165) is 34.1 Å². The summed E-state index contributed by atoms with van der Waals surface area (Å²) in [5.41, 5.74) is 21.1. The molecular weight excluding hydrogens is 821 g/mol. The van der Waals surface area contributed by atoms with Crippen LogP contribution in [0.5, 0.6) is 0 Å². The van der Waals surface area contributed by atoms with Gasteiger partial charge >= 0.3 is 0 Å². The van der Waals surface area contributed by atoms with Crippen LogP contribution in [0.3, 0.4) is 0 Å². The molecule has 0 saturated heterocycles. The van der Waals surface area contributed by atoms with Crippen molar-refractivity contribution in [1.29, 1.82) is 0 Å². The lowest BCUT2D eigenvalue weighted by molar-refractivity contribution is 0.591. The van der Waals surface area contributed by atoms with Crippen molar-refractivity contribution in [3.05, 3.63) is 253 Å². The highest BCUT2D eigenvalue weighted by Crippen LogP contribution is 2.54. The maximum absolute atomic E-state index is 2.56. The Bertz CT molecular complexity index is 3390. The van der Waals surface area contributed by atoms with Gasteiger partial charge in [-0.3, -0.25) is 0 Å². The van der Waals surface area contributed by atoms with Crippen molar-refractivity contribution in [3.8, 4) is 44.5 Å². The Kier molecular flexibility index (Phi) is 10.7. The number of nitrogens with zero attached hydrogens (tertiary/aromatic N) is 2. The maximum Gasteiger partial charge on any atom is 0.0522 e. The molecule has 330 valence electrons. The first-order chi connectivity index (χ1) is 33.0. The highest BCUT2D eigenvalue weighted by atomic mass is 15.2. The average molecular weight is 877 g/mol. The van der Waals surface area contributed by atoms with Crippen molar-refractivity contribution in [3.63, 3.8) is 0 Å². The van der Waals surface area contributed by atoms with Crippen LogP contribution in [0.25, 0.3) is 55.3 Å². The highest BCUT2D eigenvalue weighted by molar-refractivity contribution is 5.98. The fourth-order valence-corrected chi connectivity index (χ4v) is 10.7. The van der Waals surface area contributed by atoms with E-state index in [0.29, 0.717) is 0 Å². The largest absolute Gasteiger partial charge is 0.310 e. The van der Waals surface area contributed by atoms with Gasteiger partial charge in [-0.2, -0.15) is 0 Å². The van der Waals surface area contributed by atoms with E-state index in [-0.39, 0.29) is 10.8 Å². The Balaban J connectivity index is 1.17. The Morgan fingerprint density at radius 1 is 0.353 bits per heavy atom. The summed E-state index contributed by atoms with van der Waals surface area (Å²) < 4.78 is 0. The fourth-order valence-electron chi connectivity index (χ4n) is 10.7. The predicted molar refractivity (Wildman–Crippen MR) is 291 cm³/mol. The van der Waals surface area contributed by atoms with Crippen molar-refractivity contribution in [2.45, 2.75) is 52.4 Å². The van der Waals surface area contributed by atoms with E-state index < -0.39 is 0 Å². The number of hydrogen-bond donors (Lipinski definition) is 0. The molecule has 2 nitrogen and oxygen atoms in total. The summed E-state index contributed by atoms with van der Waals surface area (Å²) in [6.45, 7) is 14.1. The van der Waals surface area contributed by atoms with Crippen LogP contribution in [0.15, 0.2) is 231 Å². The van der Waals surface area contributed by atoms with Gasteiger partial charge in [0.05, 0.1) is 11.4 Å². The summed E-state index contributed by atoms with van der Waals surface area (Å²) in [6.07, 6.45) is 0. The predicted octanol–water partition coefficient (Wildman–Crippen LogP) is 18.7. The van der Waals surface area contributed by atoms with Gasteiger partial charge in [0.1, 0.15) is 0 Å². The summed E-state index contributed by atoms with van der Waals surface area (Å²) in [5.74, 6) is 0. The lowest BCUT2D eigenvalue weighted by Gasteiger charge is -2.38. The minimum absolute atomic E-state index is 0.179. The van der Waals surface area contributed by atoms with Crippen molar-refractivity contribution in [1.82, 2.24) is 0 Å². The zero-order valence-corrected chi connectivity index (χ0v) is 39.8. The number of anilines is 6. The van der Waals surface area contributed by atoms with Crippen LogP contribution in [0.4, 0.5) is 34.1 Å². The molecule has 68 heavy (non-hydrogen) atoms. The highest BCUT2D eigenvalue weighted by Gasteiger charge is 2.37. The fraction of sp³-hybridized carbons (Fsp3) is 0.121. The van der Waals surface area contributed by atoms with E-state index >= 15 is 0 Å². The van der Waals surface area contributed by atoms with Gasteiger partial charge in [-0.05, 0) is 151 Å². The van der Waals surface area contributed by atoms with Gasteiger partial charge in [0, 0.05) is 33.7 Å². The van der Waals surface area contributed by atoms with Crippen molar-refractivity contribution in [2.24, 2.45) is 0 Å². The van der Waals surface area contributed by atoms with Gasteiger partial charge in [-0.25, -0.2) is 0 Å². The standard InChI is InChI=1S/C66H56N2/c1-45-39-62(67(52-27-14-9-15-28-52)53-35-33-49(34-36-53)57-31-20-26-48-25-16-17-29-56(48)57)64(65(2,3)4)63(40-45)68(54-37-38-59-58-30-18-19-32-60(58)66(5,6)61(59)44-54)55-42-50(46-21-10-7-11-22-46)41-51(43-55)47-23-12-8-13-24-47/h7-44H,1-6H3. The number of para-hydroxylation sites is 1. The molecule has 10 aromatic rings. The second-order valence-electron chi connectivity index (χ2n) is 19.9. The zero-order valence-electron chi connectivity index (χ0n) is 39.8. The summed E-state index contributed by atoms with van der Waals surface area (Å²) in [7, 11) is 0. The Labute approximate surface area is 402 Å². The monoisotopic (exact) mass is 876 g/mol. The van der Waals surface area contributed by atoms with Crippen LogP contribution in [0.1, 0.15) is 56.9 Å². The quantitative estimate of drug-likeness (QED) is 0.143. The van der Waals surface area contributed by atoms with E-state index in [2.05, 4.69) is 282 Å². The molecule has 0 aromatic heterocycles. The van der Waals surface area contributed by atoms with E-state index in [9.17, 15) is 0 Å². The third-order valence-corrected chi connectivity index (χ3v) is 13.9. The van der Waals surface area contributed by atoms with Crippen LogP contribution in [-0.2, 0) is 10.8 Å². The molecule has 0 atom stereocenters. The normalized spacial score (nSPS) is 12.7. The first kappa shape index (κ1) is 42.7. The lowest BCUT2D eigenvalue weighted by Crippen LogP contribution is -2.24. The van der Waals surface area contributed by atoms with Crippen molar-refractivity contribution in [2.75, 3.05) is 9.80 Å². The number of aryl methyl sites for hydroxylation is 1. The van der Waals surface area contributed by atoms with Crippen molar-refractivity contribution < 1.29 is 0 Å². The van der Waals surface area contributed by atoms with E-state index in [1.165, 1.54) is 77.5 Å². The SMILES string of the molecule is Cc1cc(N(c2ccccc2)c2ccc(-c3cccc4ccccc34)cc2)c(C(C)(C)C)c(N(c2cc(-c3ccccc3)cc(-c3ccccc3)c2)c2ccc3c(c2)C(C)(C)c2ccccc2-3)c1. The topological polar surface area (TPSA) is 6.48 Å². The van der Waals surface area contributed by atoms with Gasteiger partial charge < -0.3 is 9.80 Å². The molecule has 1 aliphatic carbocycles. The number of benzene rings is 10. The molecule has 11 rings (SSSR count). The second kappa shape index (κ2) is 17.0. The number of fused-ring (bicyclic) bond motifs is 4. The Morgan fingerprint density at radius 3 is 1.50 bits per heavy atom. The van der Waals surface area contributed by atoms with Gasteiger partial charge in [0.25, 0.3) is 0 Å². The van der Waals surface area contributed by atoms with Crippen molar-refractivity contribution >= 4 is 44.9 Å². The van der Waals surface area contributed by atoms with Gasteiger partial charge in [-0.15, -0.1) is 0 Å². The first-order valence-corrected chi connectivity index (χ1v) is 23.9. The van der Waals surface area contributed by atoms with Gasteiger partial charge in [-0.1, -0.05) is 198 Å². The molecule has 0 heterocycles. The molecule has 0 aliphatic heterocycles. The Hall–Kier alpha value is -7.94. The van der Waals surface area contributed by atoms with E-state index in [4.69, 9.17) is 0 Å². The third kappa shape index (κ3) is 7.66. The van der Waals surface area contributed by atoms with Gasteiger partial charge in [0.2, 0.25) is 0 Å². The molecular formula is C66H56N2. The molecule has 0 radical (unpaired) electrons. The minimum Gasteiger partial charge on any atom is -0.310 e. The molecule has 0 spiro atoms. The minimum atomic E-state index is -0.307. The average Bonchev–Trinajstić information content (AvgIpc) is 3.59. The summed E-state index contributed by atoms with van der Waals surface area (Å²) in [6, 6.07) is 85.0.